The fourth-order valence-corrected chi connectivity index (χ4v) is 2.54. The molecule has 0 saturated carbocycles. The normalized spacial score (nSPS) is 12.7. The summed E-state index contributed by atoms with van der Waals surface area (Å²) in [6, 6.07) is 4.27. The minimum atomic E-state index is -1.04. The molecule has 1 aromatic rings. The molecule has 1 atom stereocenters. The van der Waals surface area contributed by atoms with Crippen molar-refractivity contribution in [3.63, 3.8) is 0 Å². The van der Waals surface area contributed by atoms with E-state index in [-0.39, 0.29) is 25.4 Å². The fourth-order valence-electron chi connectivity index (χ4n) is 2.54. The SMILES string of the molecule is Cc1ccc(NC(=O)CC[C@H](NC(=O)OC(C)(C)C)C(=O)OC(C)(C)C)c(CO)c1. The first-order valence-electron chi connectivity index (χ1n) is 9.93. The number of carbonyl (C=O) groups is 3. The molecule has 0 fully saturated rings. The van der Waals surface area contributed by atoms with Crippen LogP contribution in [0.5, 0.6) is 0 Å². The zero-order chi connectivity index (χ0) is 23.1. The van der Waals surface area contributed by atoms with Gasteiger partial charge in [-0.2, -0.15) is 0 Å². The molecule has 0 aliphatic heterocycles. The minimum absolute atomic E-state index is 0.0281. The van der Waals surface area contributed by atoms with Gasteiger partial charge in [-0.05, 0) is 61.0 Å². The van der Waals surface area contributed by atoms with Crippen molar-refractivity contribution in [3.05, 3.63) is 29.3 Å². The molecule has 8 nitrogen and oxygen atoms in total. The summed E-state index contributed by atoms with van der Waals surface area (Å²) in [5.74, 6) is -0.999. The largest absolute Gasteiger partial charge is 0.458 e. The number of alkyl carbamates (subject to hydrolysis) is 1. The molecule has 0 bridgehead atoms. The van der Waals surface area contributed by atoms with Crippen molar-refractivity contribution in [3.8, 4) is 0 Å². The second-order valence-electron chi connectivity index (χ2n) is 9.14. The van der Waals surface area contributed by atoms with Gasteiger partial charge in [0.15, 0.2) is 0 Å². The molecule has 30 heavy (non-hydrogen) atoms. The molecule has 0 radical (unpaired) electrons. The molecule has 3 N–H and O–H groups in total. The predicted molar refractivity (Wildman–Crippen MR) is 114 cm³/mol. The van der Waals surface area contributed by atoms with Crippen molar-refractivity contribution < 1.29 is 29.0 Å². The molecule has 0 aliphatic carbocycles. The first-order valence-corrected chi connectivity index (χ1v) is 9.93. The van der Waals surface area contributed by atoms with Gasteiger partial charge in [0, 0.05) is 17.7 Å². The predicted octanol–water partition coefficient (Wildman–Crippen LogP) is 3.44. The van der Waals surface area contributed by atoms with Crippen molar-refractivity contribution in [2.75, 3.05) is 5.32 Å². The summed E-state index contributed by atoms with van der Waals surface area (Å²) in [6.45, 7) is 12.0. The maximum atomic E-state index is 12.5. The molecule has 1 aromatic carbocycles. The van der Waals surface area contributed by atoms with E-state index < -0.39 is 29.3 Å². The van der Waals surface area contributed by atoms with Gasteiger partial charge >= 0.3 is 12.1 Å². The van der Waals surface area contributed by atoms with Crippen LogP contribution >= 0.6 is 0 Å². The van der Waals surface area contributed by atoms with Crippen LogP contribution in [0.4, 0.5) is 10.5 Å². The van der Waals surface area contributed by atoms with Gasteiger partial charge in [-0.3, -0.25) is 4.79 Å². The van der Waals surface area contributed by atoms with Gasteiger partial charge in [0.25, 0.3) is 0 Å². The summed E-state index contributed by atoms with van der Waals surface area (Å²) in [5.41, 5.74) is 0.585. The van der Waals surface area contributed by atoms with Gasteiger partial charge in [-0.15, -0.1) is 0 Å². The summed E-state index contributed by atoms with van der Waals surface area (Å²) in [6.07, 6.45) is -0.779. The Morgan fingerprint density at radius 2 is 1.63 bits per heavy atom. The van der Waals surface area contributed by atoms with E-state index in [0.717, 1.165) is 5.56 Å². The molecule has 1 rings (SSSR count). The highest BCUT2D eigenvalue weighted by Crippen LogP contribution is 2.18. The number of hydrogen-bond acceptors (Lipinski definition) is 6. The first-order chi connectivity index (χ1) is 13.7. The maximum absolute atomic E-state index is 12.5. The lowest BCUT2D eigenvalue weighted by Crippen LogP contribution is -2.46. The molecule has 8 heteroatoms. The molecule has 0 heterocycles. The van der Waals surface area contributed by atoms with Crippen LogP contribution < -0.4 is 10.6 Å². The van der Waals surface area contributed by atoms with Crippen molar-refractivity contribution in [2.24, 2.45) is 0 Å². The van der Waals surface area contributed by atoms with Gasteiger partial charge in [-0.25, -0.2) is 9.59 Å². The number of esters is 1. The molecule has 0 saturated heterocycles. The number of ether oxygens (including phenoxy) is 2. The average molecular weight is 423 g/mol. The number of benzene rings is 1. The lowest BCUT2D eigenvalue weighted by molar-refractivity contribution is -0.157. The summed E-state index contributed by atoms with van der Waals surface area (Å²) < 4.78 is 10.6. The summed E-state index contributed by atoms with van der Waals surface area (Å²) in [5, 5.41) is 14.7. The fraction of sp³-hybridized carbons (Fsp3) is 0.591. The molecule has 0 unspecified atom stereocenters. The van der Waals surface area contributed by atoms with Crippen LogP contribution in [0.15, 0.2) is 18.2 Å². The Balaban J connectivity index is 2.81. The number of rotatable bonds is 7. The van der Waals surface area contributed by atoms with Crippen LogP contribution in [0.1, 0.15) is 65.5 Å². The van der Waals surface area contributed by atoms with Gasteiger partial charge in [0.05, 0.1) is 6.61 Å². The topological polar surface area (TPSA) is 114 Å². The van der Waals surface area contributed by atoms with Crippen LogP contribution in [-0.4, -0.2) is 40.3 Å². The Kier molecular flexibility index (Phi) is 8.84. The van der Waals surface area contributed by atoms with Gasteiger partial charge < -0.3 is 25.2 Å². The van der Waals surface area contributed by atoms with E-state index in [1.807, 2.05) is 13.0 Å². The molecule has 168 valence electrons. The average Bonchev–Trinajstić information content (AvgIpc) is 2.56. The third-order valence-electron chi connectivity index (χ3n) is 3.75. The van der Waals surface area contributed by atoms with E-state index in [2.05, 4.69) is 10.6 Å². The third kappa shape index (κ3) is 9.73. The standard InChI is InChI=1S/C22H34N2O6/c1-14-8-9-16(15(12-14)13-25)23-18(26)11-10-17(19(27)29-21(2,3)4)24-20(28)30-22(5,6)7/h8-9,12,17,25H,10-11,13H2,1-7H3,(H,23,26)(H,24,28)/t17-/m0/s1. The van der Waals surface area contributed by atoms with E-state index in [1.54, 1.807) is 53.7 Å². The Hall–Kier alpha value is -2.61. The number of amides is 2. The number of anilines is 1. The Labute approximate surface area is 178 Å². The Bertz CT molecular complexity index is 762. The summed E-state index contributed by atoms with van der Waals surface area (Å²) >= 11 is 0. The molecule has 2 amide bonds. The molecular weight excluding hydrogens is 388 g/mol. The van der Waals surface area contributed by atoms with Crippen molar-refractivity contribution >= 4 is 23.7 Å². The van der Waals surface area contributed by atoms with E-state index in [4.69, 9.17) is 9.47 Å². The Morgan fingerprint density at radius 3 is 2.17 bits per heavy atom. The number of hydrogen-bond donors (Lipinski definition) is 3. The van der Waals surface area contributed by atoms with Crippen LogP contribution in [0, 0.1) is 6.92 Å². The van der Waals surface area contributed by atoms with E-state index in [9.17, 15) is 19.5 Å². The van der Waals surface area contributed by atoms with Crippen molar-refractivity contribution in [2.45, 2.75) is 85.2 Å². The van der Waals surface area contributed by atoms with E-state index in [1.165, 1.54) is 0 Å². The molecule has 0 spiro atoms. The molecule has 0 aliphatic rings. The monoisotopic (exact) mass is 422 g/mol. The lowest BCUT2D eigenvalue weighted by Gasteiger charge is -2.26. The highest BCUT2D eigenvalue weighted by atomic mass is 16.6. The van der Waals surface area contributed by atoms with Crippen LogP contribution in [0.25, 0.3) is 0 Å². The van der Waals surface area contributed by atoms with Gasteiger partial charge in [-0.1, -0.05) is 17.7 Å². The van der Waals surface area contributed by atoms with Crippen LogP contribution in [-0.2, 0) is 25.7 Å². The molecule has 0 aromatic heterocycles. The number of aliphatic hydroxyl groups is 1. The van der Waals surface area contributed by atoms with Gasteiger partial charge in [0.1, 0.15) is 17.2 Å². The van der Waals surface area contributed by atoms with E-state index >= 15 is 0 Å². The molecular formula is C22H34N2O6. The second kappa shape index (κ2) is 10.4. The van der Waals surface area contributed by atoms with Crippen molar-refractivity contribution in [1.82, 2.24) is 5.32 Å². The third-order valence-corrected chi connectivity index (χ3v) is 3.75. The highest BCUT2D eigenvalue weighted by molar-refractivity contribution is 5.92. The van der Waals surface area contributed by atoms with Crippen molar-refractivity contribution in [1.29, 1.82) is 0 Å². The van der Waals surface area contributed by atoms with E-state index in [0.29, 0.717) is 11.3 Å². The van der Waals surface area contributed by atoms with Gasteiger partial charge in [0.2, 0.25) is 5.91 Å². The number of carbonyl (C=O) groups excluding carboxylic acids is 3. The first kappa shape index (κ1) is 25.4. The second-order valence-corrected chi connectivity index (χ2v) is 9.14. The number of aryl methyl sites for hydroxylation is 1. The quantitative estimate of drug-likeness (QED) is 0.580. The lowest BCUT2D eigenvalue weighted by atomic mass is 10.1. The summed E-state index contributed by atoms with van der Waals surface area (Å²) in [4.78, 5) is 37.0. The zero-order valence-corrected chi connectivity index (χ0v) is 18.9. The number of aliphatic hydroxyl groups excluding tert-OH is 1. The smallest absolute Gasteiger partial charge is 0.408 e. The minimum Gasteiger partial charge on any atom is -0.458 e. The summed E-state index contributed by atoms with van der Waals surface area (Å²) in [7, 11) is 0. The van der Waals surface area contributed by atoms with Crippen LogP contribution in [0.2, 0.25) is 0 Å². The highest BCUT2D eigenvalue weighted by Gasteiger charge is 2.29. The number of nitrogens with one attached hydrogen (secondary N) is 2. The zero-order valence-electron chi connectivity index (χ0n) is 18.9. The van der Waals surface area contributed by atoms with Crippen LogP contribution in [0.3, 0.4) is 0 Å². The maximum Gasteiger partial charge on any atom is 0.408 e. The Morgan fingerprint density at radius 1 is 1.03 bits per heavy atom.